The fourth-order valence-electron chi connectivity index (χ4n) is 1.58. The number of amides is 1. The van der Waals surface area contributed by atoms with Crippen LogP contribution >= 0.6 is 0 Å². The molecule has 0 spiro atoms. The number of benzene rings is 1. The van der Waals surface area contributed by atoms with E-state index in [0.717, 1.165) is 18.3 Å². The van der Waals surface area contributed by atoms with E-state index in [1.54, 1.807) is 0 Å². The fraction of sp³-hybridized carbons (Fsp3) is 0.214. The lowest BCUT2D eigenvalue weighted by atomic mass is 10.1. The van der Waals surface area contributed by atoms with E-state index in [-0.39, 0.29) is 17.1 Å². The monoisotopic (exact) mass is 346 g/mol. The molecule has 0 saturated heterocycles. The number of alkyl halides is 3. The number of aliphatic imine (C=N–C) groups is 2. The van der Waals surface area contributed by atoms with E-state index >= 15 is 0 Å². The standard InChI is InChI=1S/C14H14F4N4O2/c1-8(12(23)22-24)6-20-13(19-2)21-7-9-3-4-10(15)5-11(9)14(16,17)18/h3-6,24H,2,7H2,1H3,(H,20,21)(H,22,23)/b8-6+. The van der Waals surface area contributed by atoms with Crippen molar-refractivity contribution in [3.63, 3.8) is 0 Å². The minimum Gasteiger partial charge on any atom is -0.331 e. The van der Waals surface area contributed by atoms with Gasteiger partial charge in [0.05, 0.1) is 12.1 Å². The lowest BCUT2D eigenvalue weighted by molar-refractivity contribution is -0.138. The number of hydroxylamine groups is 1. The summed E-state index contributed by atoms with van der Waals surface area (Å²) in [6.07, 6.45) is -3.59. The average molecular weight is 346 g/mol. The van der Waals surface area contributed by atoms with E-state index in [9.17, 15) is 22.4 Å². The maximum Gasteiger partial charge on any atom is 0.416 e. The average Bonchev–Trinajstić information content (AvgIpc) is 2.53. The second-order valence-electron chi connectivity index (χ2n) is 4.51. The first kappa shape index (κ1) is 19.3. The molecule has 0 aliphatic rings. The van der Waals surface area contributed by atoms with E-state index in [0.29, 0.717) is 6.07 Å². The topological polar surface area (TPSA) is 86.1 Å². The van der Waals surface area contributed by atoms with Gasteiger partial charge >= 0.3 is 6.18 Å². The summed E-state index contributed by atoms with van der Waals surface area (Å²) in [4.78, 5) is 18.3. The smallest absolute Gasteiger partial charge is 0.331 e. The molecule has 130 valence electrons. The van der Waals surface area contributed by atoms with Crippen LogP contribution in [0.3, 0.4) is 0 Å². The third-order valence-electron chi connectivity index (χ3n) is 2.80. The van der Waals surface area contributed by atoms with Crippen LogP contribution in [-0.2, 0) is 17.5 Å². The number of hydrogen-bond acceptors (Lipinski definition) is 3. The lowest BCUT2D eigenvalue weighted by Crippen LogP contribution is -2.23. The van der Waals surface area contributed by atoms with Crippen LogP contribution in [0.4, 0.5) is 17.6 Å². The highest BCUT2D eigenvalue weighted by molar-refractivity contribution is 5.93. The van der Waals surface area contributed by atoms with Gasteiger partial charge in [0.15, 0.2) is 0 Å². The second kappa shape index (κ2) is 8.20. The van der Waals surface area contributed by atoms with Crippen molar-refractivity contribution in [1.29, 1.82) is 0 Å². The Balaban J connectivity index is 2.98. The normalized spacial score (nSPS) is 12.8. The summed E-state index contributed by atoms with van der Waals surface area (Å²) in [7, 11) is 0. The van der Waals surface area contributed by atoms with Crippen molar-refractivity contribution in [3.05, 3.63) is 46.9 Å². The summed E-state index contributed by atoms with van der Waals surface area (Å²) in [5, 5.41) is 10.9. The summed E-state index contributed by atoms with van der Waals surface area (Å²) in [6.45, 7) is 4.12. The number of nitrogens with one attached hydrogen (secondary N) is 2. The van der Waals surface area contributed by atoms with Crippen LogP contribution < -0.4 is 10.8 Å². The molecule has 3 N–H and O–H groups in total. The van der Waals surface area contributed by atoms with Gasteiger partial charge in [-0.3, -0.25) is 10.0 Å². The van der Waals surface area contributed by atoms with Crippen molar-refractivity contribution in [2.24, 2.45) is 9.98 Å². The number of carbonyl (C=O) groups excluding carboxylic acids is 1. The van der Waals surface area contributed by atoms with E-state index in [4.69, 9.17) is 5.21 Å². The molecule has 0 aliphatic carbocycles. The van der Waals surface area contributed by atoms with Gasteiger partial charge in [0.1, 0.15) is 5.82 Å². The molecule has 0 aromatic heterocycles. The van der Waals surface area contributed by atoms with Gasteiger partial charge in [-0.15, -0.1) is 0 Å². The molecule has 0 unspecified atom stereocenters. The van der Waals surface area contributed by atoms with Crippen molar-refractivity contribution < 1.29 is 27.6 Å². The molecular weight excluding hydrogens is 332 g/mol. The molecule has 24 heavy (non-hydrogen) atoms. The van der Waals surface area contributed by atoms with Crippen molar-refractivity contribution in [2.75, 3.05) is 0 Å². The zero-order valence-corrected chi connectivity index (χ0v) is 12.5. The first-order valence-corrected chi connectivity index (χ1v) is 6.43. The molecule has 0 radical (unpaired) electrons. The number of carbonyl (C=O) groups is 1. The van der Waals surface area contributed by atoms with Crippen LogP contribution in [0.15, 0.2) is 40.0 Å². The molecule has 1 aromatic rings. The fourth-order valence-corrected chi connectivity index (χ4v) is 1.58. The molecule has 1 aromatic carbocycles. The third kappa shape index (κ3) is 5.47. The van der Waals surface area contributed by atoms with Crippen molar-refractivity contribution in [1.82, 2.24) is 10.8 Å². The SMILES string of the molecule is C=NC(=NCc1ccc(F)cc1C(F)(F)F)N/C=C(\C)C(=O)NO. The molecule has 0 heterocycles. The highest BCUT2D eigenvalue weighted by Crippen LogP contribution is 2.32. The number of halogens is 4. The Morgan fingerprint density at radius 3 is 2.62 bits per heavy atom. The Morgan fingerprint density at radius 2 is 2.08 bits per heavy atom. The Kier molecular flexibility index (Phi) is 6.59. The second-order valence-corrected chi connectivity index (χ2v) is 4.51. The Labute approximate surface area is 134 Å². The van der Waals surface area contributed by atoms with Crippen LogP contribution in [0.5, 0.6) is 0 Å². The van der Waals surface area contributed by atoms with Gasteiger partial charge in [-0.05, 0) is 31.3 Å². The molecule has 0 fully saturated rings. The van der Waals surface area contributed by atoms with Crippen molar-refractivity contribution in [2.45, 2.75) is 19.6 Å². The van der Waals surface area contributed by atoms with Gasteiger partial charge < -0.3 is 5.32 Å². The predicted octanol–water partition coefficient (Wildman–Crippen LogP) is 2.40. The number of guanidine groups is 1. The minimum atomic E-state index is -4.72. The van der Waals surface area contributed by atoms with Crippen molar-refractivity contribution >= 4 is 18.6 Å². The lowest BCUT2D eigenvalue weighted by Gasteiger charge is -2.11. The van der Waals surface area contributed by atoms with E-state index in [1.807, 2.05) is 0 Å². The summed E-state index contributed by atoms with van der Waals surface area (Å²) < 4.78 is 51.6. The Morgan fingerprint density at radius 1 is 1.42 bits per heavy atom. The minimum absolute atomic E-state index is 0.0617. The van der Waals surface area contributed by atoms with E-state index < -0.39 is 30.0 Å². The highest BCUT2D eigenvalue weighted by atomic mass is 19.4. The highest BCUT2D eigenvalue weighted by Gasteiger charge is 2.33. The predicted molar refractivity (Wildman–Crippen MR) is 78.9 cm³/mol. The first-order chi connectivity index (χ1) is 11.2. The van der Waals surface area contributed by atoms with Gasteiger partial charge in [0.2, 0.25) is 5.96 Å². The molecular formula is C14H14F4N4O2. The number of nitrogens with zero attached hydrogens (tertiary/aromatic N) is 2. The van der Waals surface area contributed by atoms with Crippen LogP contribution in [0, 0.1) is 5.82 Å². The Bertz CT molecular complexity index is 684. The number of rotatable bonds is 4. The zero-order valence-electron chi connectivity index (χ0n) is 12.5. The maximum absolute atomic E-state index is 13.0. The third-order valence-corrected chi connectivity index (χ3v) is 2.80. The van der Waals surface area contributed by atoms with Crippen molar-refractivity contribution in [3.8, 4) is 0 Å². The first-order valence-electron chi connectivity index (χ1n) is 6.43. The van der Waals surface area contributed by atoms with Crippen LogP contribution in [-0.4, -0.2) is 23.8 Å². The van der Waals surface area contributed by atoms with Gasteiger partial charge in [-0.25, -0.2) is 19.9 Å². The zero-order chi connectivity index (χ0) is 18.3. The van der Waals surface area contributed by atoms with Crippen LogP contribution in [0.1, 0.15) is 18.1 Å². The summed E-state index contributed by atoms with van der Waals surface area (Å²) in [5.41, 5.74) is 0.0742. The summed E-state index contributed by atoms with van der Waals surface area (Å²) in [6, 6.07) is 2.25. The summed E-state index contributed by atoms with van der Waals surface area (Å²) >= 11 is 0. The number of hydrogen-bond donors (Lipinski definition) is 3. The molecule has 1 rings (SSSR count). The molecule has 0 atom stereocenters. The molecule has 6 nitrogen and oxygen atoms in total. The van der Waals surface area contributed by atoms with Gasteiger partial charge in [-0.1, -0.05) is 6.07 Å². The van der Waals surface area contributed by atoms with Crippen LogP contribution in [0.25, 0.3) is 0 Å². The molecule has 0 saturated carbocycles. The maximum atomic E-state index is 13.0. The van der Waals surface area contributed by atoms with Gasteiger partial charge in [0, 0.05) is 11.8 Å². The molecule has 1 amide bonds. The van der Waals surface area contributed by atoms with E-state index in [1.165, 1.54) is 12.4 Å². The van der Waals surface area contributed by atoms with Crippen LogP contribution in [0.2, 0.25) is 0 Å². The molecule has 10 heteroatoms. The quantitative estimate of drug-likeness (QED) is 0.195. The summed E-state index contributed by atoms with van der Waals surface area (Å²) in [5.74, 6) is -1.95. The Hall–Kier alpha value is -2.75. The molecule has 0 bridgehead atoms. The van der Waals surface area contributed by atoms with Gasteiger partial charge in [0.25, 0.3) is 5.91 Å². The largest absolute Gasteiger partial charge is 0.416 e. The van der Waals surface area contributed by atoms with E-state index in [2.05, 4.69) is 22.0 Å². The molecule has 0 aliphatic heterocycles. The van der Waals surface area contributed by atoms with Gasteiger partial charge in [-0.2, -0.15) is 13.2 Å².